The number of anilines is 2. The molecule has 4 aliphatic rings. The number of nitrogens with zero attached hydrogens (tertiary/aromatic N) is 4. The Bertz CT molecular complexity index is 754. The third kappa shape index (κ3) is 3.84. The Hall–Kier alpha value is -2.02. The van der Waals surface area contributed by atoms with Gasteiger partial charge in [0.1, 0.15) is 0 Å². The zero-order valence-corrected chi connectivity index (χ0v) is 18.2. The molecule has 0 aromatic carbocycles. The van der Waals surface area contributed by atoms with E-state index >= 15 is 0 Å². The average Bonchev–Trinajstić information content (AvgIpc) is 3.16. The van der Waals surface area contributed by atoms with Crippen molar-refractivity contribution in [1.82, 2.24) is 14.8 Å². The zero-order chi connectivity index (χ0) is 20.6. The fourth-order valence-electron chi connectivity index (χ4n) is 5.72. The first-order valence-electron chi connectivity index (χ1n) is 11.8. The van der Waals surface area contributed by atoms with Crippen LogP contribution >= 0.6 is 0 Å². The van der Waals surface area contributed by atoms with Crippen molar-refractivity contribution in [1.29, 1.82) is 0 Å². The summed E-state index contributed by atoms with van der Waals surface area (Å²) < 4.78 is 5.15. The summed E-state index contributed by atoms with van der Waals surface area (Å²) in [6.45, 7) is 8.37. The van der Waals surface area contributed by atoms with E-state index in [0.717, 1.165) is 45.1 Å². The monoisotopic (exact) mass is 413 g/mol. The van der Waals surface area contributed by atoms with Gasteiger partial charge in [-0.05, 0) is 57.6 Å². The number of carbonyl (C=O) groups excluding carboxylic acids is 1. The number of piperazine rings is 1. The molecule has 30 heavy (non-hydrogen) atoms. The molecule has 1 aromatic heterocycles. The molecule has 1 N–H and O–H groups in total. The van der Waals surface area contributed by atoms with Gasteiger partial charge in [0.15, 0.2) is 5.82 Å². The number of aromatic nitrogens is 1. The molecule has 2 aliphatic carbocycles. The normalized spacial score (nSPS) is 26.4. The minimum absolute atomic E-state index is 0.137. The van der Waals surface area contributed by atoms with Crippen molar-refractivity contribution in [3.63, 3.8) is 0 Å². The topological polar surface area (TPSA) is 60.9 Å². The molecule has 1 aromatic rings. The Morgan fingerprint density at radius 1 is 1.23 bits per heavy atom. The van der Waals surface area contributed by atoms with Crippen LogP contribution < -0.4 is 10.2 Å². The summed E-state index contributed by atoms with van der Waals surface area (Å²) in [5.41, 5.74) is 1.54. The molecular formula is C23H35N5O2. The molecule has 164 valence electrons. The van der Waals surface area contributed by atoms with E-state index in [0.29, 0.717) is 24.1 Å². The van der Waals surface area contributed by atoms with Crippen molar-refractivity contribution in [3.8, 4) is 0 Å². The van der Waals surface area contributed by atoms with E-state index in [-0.39, 0.29) is 6.09 Å². The quantitative estimate of drug-likeness (QED) is 0.800. The van der Waals surface area contributed by atoms with E-state index in [4.69, 9.17) is 9.72 Å². The lowest BCUT2D eigenvalue weighted by Crippen LogP contribution is -2.58. The Balaban J connectivity index is 1.13. The van der Waals surface area contributed by atoms with Gasteiger partial charge in [0.05, 0.1) is 12.3 Å². The van der Waals surface area contributed by atoms with Gasteiger partial charge < -0.3 is 19.9 Å². The first kappa shape index (κ1) is 19.9. The molecule has 3 heterocycles. The van der Waals surface area contributed by atoms with Gasteiger partial charge in [-0.2, -0.15) is 0 Å². The number of nitrogens with one attached hydrogen (secondary N) is 1. The third-order valence-electron chi connectivity index (χ3n) is 7.64. The highest BCUT2D eigenvalue weighted by molar-refractivity contribution is 5.69. The van der Waals surface area contributed by atoms with Gasteiger partial charge in [0.2, 0.25) is 0 Å². The maximum absolute atomic E-state index is 11.9. The summed E-state index contributed by atoms with van der Waals surface area (Å²) in [7, 11) is 0. The highest BCUT2D eigenvalue weighted by atomic mass is 16.6. The number of likely N-dealkylation sites (tertiary alicyclic amines) is 1. The highest BCUT2D eigenvalue weighted by Gasteiger charge is 2.51. The van der Waals surface area contributed by atoms with Crippen LogP contribution in [0.3, 0.4) is 0 Å². The van der Waals surface area contributed by atoms with Crippen LogP contribution in [0.5, 0.6) is 0 Å². The number of hydrogen-bond donors (Lipinski definition) is 1. The number of ether oxygens (including phenoxy) is 1. The molecule has 2 aliphatic heterocycles. The van der Waals surface area contributed by atoms with Crippen molar-refractivity contribution >= 4 is 17.6 Å². The SMILES string of the molecule is CCOC(=O)N1CC2(CCC(N3CCN(c4ncccc4NC4CCC4)CC3)C2)C1. The lowest BCUT2D eigenvalue weighted by molar-refractivity contribution is -0.00294. The smallest absolute Gasteiger partial charge is 0.409 e. The molecule has 1 unspecified atom stereocenters. The molecular weight excluding hydrogens is 378 g/mol. The molecule has 5 rings (SSSR count). The number of pyridine rings is 1. The largest absolute Gasteiger partial charge is 0.450 e. The van der Waals surface area contributed by atoms with Crippen LogP contribution in [0.25, 0.3) is 0 Å². The fourth-order valence-corrected chi connectivity index (χ4v) is 5.72. The summed E-state index contributed by atoms with van der Waals surface area (Å²) in [5, 5.41) is 3.70. The Labute approximate surface area is 179 Å². The Kier molecular flexibility index (Phi) is 5.48. The molecule has 1 amide bonds. The van der Waals surface area contributed by atoms with Gasteiger partial charge in [0.25, 0.3) is 0 Å². The third-order valence-corrected chi connectivity index (χ3v) is 7.64. The van der Waals surface area contributed by atoms with Crippen LogP contribution in [0.2, 0.25) is 0 Å². The van der Waals surface area contributed by atoms with Crippen LogP contribution in [0.4, 0.5) is 16.3 Å². The minimum Gasteiger partial charge on any atom is -0.450 e. The molecule has 7 heteroatoms. The van der Waals surface area contributed by atoms with Crippen LogP contribution in [0.1, 0.15) is 45.4 Å². The van der Waals surface area contributed by atoms with Crippen LogP contribution in [0, 0.1) is 5.41 Å². The molecule has 4 fully saturated rings. The van der Waals surface area contributed by atoms with Gasteiger partial charge in [-0.3, -0.25) is 4.90 Å². The lowest BCUT2D eigenvalue weighted by atomic mass is 9.78. The fraction of sp³-hybridized carbons (Fsp3) is 0.739. The van der Waals surface area contributed by atoms with Crippen molar-refractivity contribution in [3.05, 3.63) is 18.3 Å². The van der Waals surface area contributed by atoms with Crippen LogP contribution in [-0.2, 0) is 4.74 Å². The standard InChI is InChI=1S/C23H35N5O2/c1-2-30-22(29)28-16-23(17-28)9-8-19(15-23)26-11-13-27(14-12-26)21-20(7-4-10-24-21)25-18-5-3-6-18/h4,7,10,18-19,25H,2-3,5-6,8-9,11-17H2,1H3. The Morgan fingerprint density at radius 3 is 2.73 bits per heavy atom. The van der Waals surface area contributed by atoms with E-state index in [1.54, 1.807) is 0 Å². The summed E-state index contributed by atoms with van der Waals surface area (Å²) in [4.78, 5) is 23.6. The van der Waals surface area contributed by atoms with E-state index in [2.05, 4.69) is 21.2 Å². The van der Waals surface area contributed by atoms with E-state index in [1.807, 2.05) is 24.1 Å². The maximum Gasteiger partial charge on any atom is 0.409 e. The minimum atomic E-state index is -0.137. The van der Waals surface area contributed by atoms with Gasteiger partial charge in [-0.25, -0.2) is 9.78 Å². The van der Waals surface area contributed by atoms with Crippen molar-refractivity contribution in [2.75, 3.05) is 56.1 Å². The lowest BCUT2D eigenvalue weighted by Gasteiger charge is -2.48. The van der Waals surface area contributed by atoms with Gasteiger partial charge in [-0.1, -0.05) is 0 Å². The number of amides is 1. The molecule has 2 saturated heterocycles. The molecule has 2 saturated carbocycles. The number of hydrogen-bond acceptors (Lipinski definition) is 6. The predicted molar refractivity (Wildman–Crippen MR) is 118 cm³/mol. The summed E-state index contributed by atoms with van der Waals surface area (Å²) in [6.07, 6.45) is 9.39. The Morgan fingerprint density at radius 2 is 2.03 bits per heavy atom. The second-order valence-electron chi connectivity index (χ2n) is 9.62. The second kappa shape index (κ2) is 8.25. The molecule has 7 nitrogen and oxygen atoms in total. The van der Waals surface area contributed by atoms with Crippen molar-refractivity contribution < 1.29 is 9.53 Å². The summed E-state index contributed by atoms with van der Waals surface area (Å²) in [5.74, 6) is 1.12. The number of rotatable bonds is 5. The summed E-state index contributed by atoms with van der Waals surface area (Å²) >= 11 is 0. The zero-order valence-electron chi connectivity index (χ0n) is 18.2. The van der Waals surface area contributed by atoms with Gasteiger partial charge >= 0.3 is 6.09 Å². The van der Waals surface area contributed by atoms with Crippen LogP contribution in [0.15, 0.2) is 18.3 Å². The average molecular weight is 414 g/mol. The second-order valence-corrected chi connectivity index (χ2v) is 9.62. The summed E-state index contributed by atoms with van der Waals surface area (Å²) in [6, 6.07) is 5.50. The molecule has 1 spiro atoms. The van der Waals surface area contributed by atoms with Crippen LogP contribution in [-0.4, -0.2) is 78.8 Å². The molecule has 0 bridgehead atoms. The highest BCUT2D eigenvalue weighted by Crippen LogP contribution is 2.47. The predicted octanol–water partition coefficient (Wildman–Crippen LogP) is 3.18. The molecule has 1 atom stereocenters. The van der Waals surface area contributed by atoms with E-state index in [1.165, 1.54) is 44.2 Å². The van der Waals surface area contributed by atoms with Gasteiger partial charge in [0, 0.05) is 63.0 Å². The van der Waals surface area contributed by atoms with Crippen molar-refractivity contribution in [2.24, 2.45) is 5.41 Å². The van der Waals surface area contributed by atoms with Crippen molar-refractivity contribution in [2.45, 2.75) is 57.5 Å². The molecule has 0 radical (unpaired) electrons. The maximum atomic E-state index is 11.9. The van der Waals surface area contributed by atoms with E-state index in [9.17, 15) is 4.79 Å². The van der Waals surface area contributed by atoms with Gasteiger partial charge in [-0.15, -0.1) is 0 Å². The van der Waals surface area contributed by atoms with E-state index < -0.39 is 0 Å². The first-order valence-corrected chi connectivity index (χ1v) is 11.8. The number of carbonyl (C=O) groups is 1. The first-order chi connectivity index (χ1) is 14.7.